The second-order valence-electron chi connectivity index (χ2n) is 6.96. The topological polar surface area (TPSA) is 122 Å². The van der Waals surface area contributed by atoms with E-state index in [0.29, 0.717) is 40.3 Å². The minimum absolute atomic E-state index is 0.0696. The molecule has 9 nitrogen and oxygen atoms in total. The van der Waals surface area contributed by atoms with Gasteiger partial charge in [-0.3, -0.25) is 14.4 Å². The van der Waals surface area contributed by atoms with Gasteiger partial charge in [0.1, 0.15) is 24.4 Å². The van der Waals surface area contributed by atoms with Gasteiger partial charge in [-0.25, -0.2) is 9.67 Å². The predicted octanol–water partition coefficient (Wildman–Crippen LogP) is 3.13. The lowest BCUT2D eigenvalue weighted by Gasteiger charge is -2.12. The summed E-state index contributed by atoms with van der Waals surface area (Å²) in [7, 11) is 0. The van der Waals surface area contributed by atoms with E-state index in [0.717, 1.165) is 0 Å². The number of hydrogen-bond acceptors (Lipinski definition) is 5. The zero-order chi connectivity index (χ0) is 21.8. The van der Waals surface area contributed by atoms with Gasteiger partial charge in [0.15, 0.2) is 5.78 Å². The van der Waals surface area contributed by atoms with Crippen LogP contribution in [0, 0.1) is 6.92 Å². The first kappa shape index (κ1) is 21.0. The van der Waals surface area contributed by atoms with E-state index in [9.17, 15) is 14.4 Å². The van der Waals surface area contributed by atoms with E-state index in [1.165, 1.54) is 24.3 Å². The number of nitrogens with one attached hydrogen (secondary N) is 3. The van der Waals surface area contributed by atoms with Crippen LogP contribution in [0.1, 0.15) is 58.9 Å². The largest absolute Gasteiger partial charge is 0.354 e. The number of H-pyrrole nitrogens is 1. The number of hydrogen-bond donors (Lipinski definition) is 3. The molecule has 0 aliphatic carbocycles. The lowest BCUT2D eigenvalue weighted by Crippen LogP contribution is -2.24. The van der Waals surface area contributed by atoms with E-state index >= 15 is 0 Å². The number of carbonyl (C=O) groups is 3. The van der Waals surface area contributed by atoms with Crippen molar-refractivity contribution in [1.82, 2.24) is 19.7 Å². The molecular formula is C21H24N6O3. The van der Waals surface area contributed by atoms with E-state index in [4.69, 9.17) is 0 Å². The highest BCUT2D eigenvalue weighted by Crippen LogP contribution is 2.22. The number of rotatable bonds is 7. The standard InChI is InChI=1S/C21H24N6O3/c1-5-17-18(14(4)28)12(2)24-19(17)21(30)26-16-8-6-15(7-9-16)25-20(29)13(3)27-11-22-10-23-27/h6-11,13,24H,5H2,1-4H3,(H,25,29)(H,26,30). The van der Waals surface area contributed by atoms with E-state index in [2.05, 4.69) is 25.7 Å². The Morgan fingerprint density at radius 1 is 1.13 bits per heavy atom. The molecule has 3 aromatic rings. The third-order valence-corrected chi connectivity index (χ3v) is 4.85. The number of anilines is 2. The van der Waals surface area contributed by atoms with Crippen LogP contribution in [0.2, 0.25) is 0 Å². The molecule has 9 heteroatoms. The minimum Gasteiger partial charge on any atom is -0.354 e. The van der Waals surface area contributed by atoms with E-state index < -0.39 is 6.04 Å². The van der Waals surface area contributed by atoms with Crippen molar-refractivity contribution < 1.29 is 14.4 Å². The van der Waals surface area contributed by atoms with Crippen molar-refractivity contribution >= 4 is 29.0 Å². The van der Waals surface area contributed by atoms with Gasteiger partial charge in [0.05, 0.1) is 0 Å². The Bertz CT molecular complexity index is 1070. The molecule has 3 N–H and O–H groups in total. The molecule has 156 valence electrons. The molecule has 1 atom stereocenters. The maximum absolute atomic E-state index is 12.7. The number of Topliss-reactive ketones (excluding diaryl/α,β-unsaturated/α-hetero) is 1. The van der Waals surface area contributed by atoms with Gasteiger partial charge in [0.25, 0.3) is 5.91 Å². The summed E-state index contributed by atoms with van der Waals surface area (Å²) >= 11 is 0. The number of amides is 2. The molecule has 0 aliphatic heterocycles. The average molecular weight is 408 g/mol. The Morgan fingerprint density at radius 2 is 1.77 bits per heavy atom. The summed E-state index contributed by atoms with van der Waals surface area (Å²) in [6.07, 6.45) is 3.42. The Balaban J connectivity index is 1.69. The maximum Gasteiger partial charge on any atom is 0.272 e. The van der Waals surface area contributed by atoms with Gasteiger partial charge in [-0.1, -0.05) is 6.92 Å². The monoisotopic (exact) mass is 408 g/mol. The van der Waals surface area contributed by atoms with Crippen molar-refractivity contribution in [1.29, 1.82) is 0 Å². The summed E-state index contributed by atoms with van der Waals surface area (Å²) < 4.78 is 1.46. The minimum atomic E-state index is -0.508. The number of carbonyl (C=O) groups excluding carboxylic acids is 3. The Morgan fingerprint density at radius 3 is 2.30 bits per heavy atom. The third kappa shape index (κ3) is 4.29. The van der Waals surface area contributed by atoms with Crippen LogP contribution in [0.5, 0.6) is 0 Å². The van der Waals surface area contributed by atoms with Crippen LogP contribution in [-0.4, -0.2) is 37.3 Å². The highest BCUT2D eigenvalue weighted by Gasteiger charge is 2.21. The number of benzene rings is 1. The molecule has 0 bridgehead atoms. The SMILES string of the molecule is CCc1c(C(=O)Nc2ccc(NC(=O)C(C)n3cncn3)cc2)[nH]c(C)c1C(C)=O. The number of ketones is 1. The van der Waals surface area contributed by atoms with Gasteiger partial charge < -0.3 is 15.6 Å². The lowest BCUT2D eigenvalue weighted by atomic mass is 10.0. The van der Waals surface area contributed by atoms with Gasteiger partial charge in [-0.2, -0.15) is 5.10 Å². The van der Waals surface area contributed by atoms with Gasteiger partial charge >= 0.3 is 0 Å². The number of aromatic nitrogens is 4. The molecular weight excluding hydrogens is 384 g/mol. The smallest absolute Gasteiger partial charge is 0.272 e. The van der Waals surface area contributed by atoms with Gasteiger partial charge in [-0.05, 0) is 57.0 Å². The van der Waals surface area contributed by atoms with Crippen LogP contribution in [-0.2, 0) is 11.2 Å². The number of aromatic amines is 1. The van der Waals surface area contributed by atoms with Crippen LogP contribution in [0.15, 0.2) is 36.9 Å². The Hall–Kier alpha value is -3.75. The zero-order valence-electron chi connectivity index (χ0n) is 17.3. The van der Waals surface area contributed by atoms with Gasteiger partial charge in [0.2, 0.25) is 5.91 Å². The average Bonchev–Trinajstić information content (AvgIpc) is 3.36. The fourth-order valence-corrected chi connectivity index (χ4v) is 3.32. The number of aryl methyl sites for hydroxylation is 1. The molecule has 0 aliphatic rings. The fraction of sp³-hybridized carbons (Fsp3) is 0.286. The van der Waals surface area contributed by atoms with Crippen molar-refractivity contribution in [2.75, 3.05) is 10.6 Å². The molecule has 30 heavy (non-hydrogen) atoms. The zero-order valence-corrected chi connectivity index (χ0v) is 17.3. The highest BCUT2D eigenvalue weighted by atomic mass is 16.2. The quantitative estimate of drug-likeness (QED) is 0.519. The first-order valence-corrected chi connectivity index (χ1v) is 9.60. The molecule has 0 fully saturated rings. The summed E-state index contributed by atoms with van der Waals surface area (Å²) in [5, 5.41) is 9.58. The lowest BCUT2D eigenvalue weighted by molar-refractivity contribution is -0.119. The summed E-state index contributed by atoms with van der Waals surface area (Å²) in [5.41, 5.74) is 3.52. The van der Waals surface area contributed by atoms with Gasteiger partial charge in [-0.15, -0.1) is 0 Å². The van der Waals surface area contributed by atoms with Crippen LogP contribution < -0.4 is 10.6 Å². The predicted molar refractivity (Wildman–Crippen MR) is 113 cm³/mol. The van der Waals surface area contributed by atoms with Crippen molar-refractivity contribution in [2.24, 2.45) is 0 Å². The highest BCUT2D eigenvalue weighted by molar-refractivity contribution is 6.07. The molecule has 0 spiro atoms. The molecule has 0 saturated carbocycles. The summed E-state index contributed by atoms with van der Waals surface area (Å²) in [6.45, 7) is 6.90. The normalized spacial score (nSPS) is 11.7. The summed E-state index contributed by atoms with van der Waals surface area (Å²) in [6, 6.07) is 6.28. The second-order valence-corrected chi connectivity index (χ2v) is 6.96. The fourth-order valence-electron chi connectivity index (χ4n) is 3.32. The van der Waals surface area contributed by atoms with E-state index in [1.807, 2.05) is 6.92 Å². The maximum atomic E-state index is 12.7. The molecule has 1 aromatic carbocycles. The first-order chi connectivity index (χ1) is 14.3. The molecule has 2 aromatic heterocycles. The van der Waals surface area contributed by atoms with Crippen molar-refractivity contribution in [2.45, 2.75) is 40.2 Å². The second kappa shape index (κ2) is 8.73. The molecule has 2 amide bonds. The van der Waals surface area contributed by atoms with E-state index in [-0.39, 0.29) is 17.6 Å². The van der Waals surface area contributed by atoms with Gasteiger partial charge in [0, 0.05) is 22.6 Å². The molecule has 3 rings (SSSR count). The first-order valence-electron chi connectivity index (χ1n) is 9.60. The summed E-state index contributed by atoms with van der Waals surface area (Å²) in [4.78, 5) is 43.8. The Kier molecular flexibility index (Phi) is 6.10. The molecule has 0 saturated heterocycles. The molecule has 2 heterocycles. The summed E-state index contributed by atoms with van der Waals surface area (Å²) in [5.74, 6) is -0.623. The van der Waals surface area contributed by atoms with Crippen LogP contribution >= 0.6 is 0 Å². The Labute approximate surface area is 173 Å². The number of nitrogens with zero attached hydrogens (tertiary/aromatic N) is 3. The third-order valence-electron chi connectivity index (χ3n) is 4.85. The van der Waals surface area contributed by atoms with E-state index in [1.54, 1.807) is 38.1 Å². The van der Waals surface area contributed by atoms with Crippen LogP contribution in [0.25, 0.3) is 0 Å². The van der Waals surface area contributed by atoms with Crippen molar-refractivity contribution in [3.8, 4) is 0 Å². The molecule has 1 unspecified atom stereocenters. The van der Waals surface area contributed by atoms with Crippen LogP contribution in [0.4, 0.5) is 11.4 Å². The van der Waals surface area contributed by atoms with Crippen LogP contribution in [0.3, 0.4) is 0 Å². The van der Waals surface area contributed by atoms with Crippen molar-refractivity contribution in [3.63, 3.8) is 0 Å². The molecule has 0 radical (unpaired) electrons. The van der Waals surface area contributed by atoms with Crippen molar-refractivity contribution in [3.05, 3.63) is 59.4 Å².